The number of nitrogens with zero attached hydrogens (tertiary/aromatic N) is 1. The van der Waals surface area contributed by atoms with Crippen LogP contribution in [0.4, 0.5) is 13.6 Å². The number of halogens is 2. The molecular formula is C30H41F2N3O5. The Labute approximate surface area is 235 Å². The Balaban J connectivity index is 2.28. The lowest BCUT2D eigenvalue weighted by Crippen LogP contribution is -2.49. The number of ether oxygens (including phenoxy) is 1. The van der Waals surface area contributed by atoms with Gasteiger partial charge in [0.2, 0.25) is 0 Å². The van der Waals surface area contributed by atoms with Gasteiger partial charge in [-0.3, -0.25) is 9.59 Å². The molecule has 2 atom stereocenters. The fourth-order valence-electron chi connectivity index (χ4n) is 4.22. The number of nitrogens with one attached hydrogen (secondary N) is 2. The zero-order chi connectivity index (χ0) is 29.8. The number of alkyl carbamates (subject to hydrolysis) is 1. The van der Waals surface area contributed by atoms with Crippen molar-refractivity contribution in [3.63, 3.8) is 0 Å². The van der Waals surface area contributed by atoms with E-state index in [1.165, 1.54) is 6.07 Å². The van der Waals surface area contributed by atoms with Crippen molar-refractivity contribution in [2.45, 2.75) is 66.0 Å². The molecule has 0 fully saturated rings. The Hall–Kier alpha value is -3.53. The quantitative estimate of drug-likeness (QED) is 0.312. The first-order valence-corrected chi connectivity index (χ1v) is 13.7. The van der Waals surface area contributed by atoms with Crippen LogP contribution in [0.25, 0.3) is 0 Å². The number of hydrogen-bond donors (Lipinski definition) is 3. The van der Waals surface area contributed by atoms with E-state index in [0.717, 1.165) is 31.0 Å². The van der Waals surface area contributed by atoms with Gasteiger partial charge in [0.25, 0.3) is 11.8 Å². The molecule has 220 valence electrons. The number of aryl methyl sites for hydroxylation is 1. The van der Waals surface area contributed by atoms with Gasteiger partial charge in [-0.15, -0.1) is 0 Å². The van der Waals surface area contributed by atoms with E-state index in [9.17, 15) is 28.3 Å². The Kier molecular flexibility index (Phi) is 13.0. The highest BCUT2D eigenvalue weighted by molar-refractivity contribution is 6.00. The minimum absolute atomic E-state index is 0.118. The smallest absolute Gasteiger partial charge is 0.407 e. The molecule has 0 saturated carbocycles. The molecule has 0 aliphatic rings. The molecule has 2 aromatic rings. The third-order valence-corrected chi connectivity index (χ3v) is 6.02. The zero-order valence-electron chi connectivity index (χ0n) is 23.9. The predicted molar refractivity (Wildman–Crippen MR) is 149 cm³/mol. The van der Waals surface area contributed by atoms with Crippen LogP contribution < -0.4 is 10.6 Å². The molecule has 0 heterocycles. The number of hydrogen-bond acceptors (Lipinski definition) is 5. The van der Waals surface area contributed by atoms with Crippen molar-refractivity contribution in [3.05, 3.63) is 70.3 Å². The van der Waals surface area contributed by atoms with E-state index in [1.54, 1.807) is 24.0 Å². The Morgan fingerprint density at radius 3 is 2.12 bits per heavy atom. The summed E-state index contributed by atoms with van der Waals surface area (Å²) in [6, 6.07) is 6.74. The van der Waals surface area contributed by atoms with Gasteiger partial charge in [-0.25, -0.2) is 13.6 Å². The maximum Gasteiger partial charge on any atom is 0.407 e. The fourth-order valence-corrected chi connectivity index (χ4v) is 4.22. The standard InChI is InChI=1S/C30H41F2N3O5/c1-6-8-35(9-7-2)29(38)23-11-20(5)10-22(15-23)28(37)34-26(14-21-12-24(31)16-25(32)13-21)27(36)17-33-30(39)40-18-19(3)4/h10-13,15-16,19,26-27,36H,6-9,14,17-18H2,1-5H3,(H,33,39)(H,34,37)/t26-,27+/m0/s1. The summed E-state index contributed by atoms with van der Waals surface area (Å²) in [5, 5.41) is 16.1. The zero-order valence-corrected chi connectivity index (χ0v) is 23.9. The highest BCUT2D eigenvalue weighted by Gasteiger charge is 2.25. The van der Waals surface area contributed by atoms with Crippen LogP contribution in [0.3, 0.4) is 0 Å². The van der Waals surface area contributed by atoms with Crippen LogP contribution in [0.15, 0.2) is 36.4 Å². The topological polar surface area (TPSA) is 108 Å². The van der Waals surface area contributed by atoms with Crippen molar-refractivity contribution in [1.29, 1.82) is 0 Å². The number of carbonyl (C=O) groups excluding carboxylic acids is 3. The summed E-state index contributed by atoms with van der Waals surface area (Å²) in [7, 11) is 0. The van der Waals surface area contributed by atoms with E-state index in [0.29, 0.717) is 24.2 Å². The highest BCUT2D eigenvalue weighted by Crippen LogP contribution is 2.16. The Bertz CT molecular complexity index is 1130. The molecule has 0 spiro atoms. The van der Waals surface area contributed by atoms with Crippen LogP contribution in [-0.2, 0) is 11.2 Å². The molecule has 0 saturated heterocycles. The van der Waals surface area contributed by atoms with Crippen molar-refractivity contribution in [1.82, 2.24) is 15.5 Å². The average Bonchev–Trinajstić information content (AvgIpc) is 2.88. The number of aliphatic hydroxyl groups excluding tert-OH is 1. The molecular weight excluding hydrogens is 520 g/mol. The van der Waals surface area contributed by atoms with E-state index < -0.39 is 35.8 Å². The van der Waals surface area contributed by atoms with Gasteiger partial charge in [0.15, 0.2) is 0 Å². The van der Waals surface area contributed by atoms with Crippen LogP contribution in [0.2, 0.25) is 0 Å². The third kappa shape index (κ3) is 10.6. The monoisotopic (exact) mass is 561 g/mol. The summed E-state index contributed by atoms with van der Waals surface area (Å²) in [4.78, 5) is 40.2. The summed E-state index contributed by atoms with van der Waals surface area (Å²) in [6.07, 6.45) is -0.588. The van der Waals surface area contributed by atoms with Gasteiger partial charge in [-0.1, -0.05) is 27.7 Å². The van der Waals surface area contributed by atoms with Crippen molar-refractivity contribution in [2.24, 2.45) is 5.92 Å². The molecule has 2 rings (SSSR count). The van der Waals surface area contributed by atoms with Crippen LogP contribution in [0.1, 0.15) is 72.4 Å². The van der Waals surface area contributed by atoms with E-state index >= 15 is 0 Å². The normalized spacial score (nSPS) is 12.5. The molecule has 0 bridgehead atoms. The lowest BCUT2D eigenvalue weighted by Gasteiger charge is -2.25. The number of carbonyl (C=O) groups is 3. The molecule has 0 aliphatic heterocycles. The van der Waals surface area contributed by atoms with Crippen LogP contribution in [-0.4, -0.2) is 66.3 Å². The molecule has 40 heavy (non-hydrogen) atoms. The van der Waals surface area contributed by atoms with E-state index in [-0.39, 0.29) is 42.5 Å². The second-order valence-corrected chi connectivity index (χ2v) is 10.4. The third-order valence-electron chi connectivity index (χ3n) is 6.02. The molecule has 3 amide bonds. The number of benzene rings is 2. The lowest BCUT2D eigenvalue weighted by molar-refractivity contribution is 0.0755. The Morgan fingerprint density at radius 2 is 1.55 bits per heavy atom. The summed E-state index contributed by atoms with van der Waals surface area (Å²) < 4.78 is 32.8. The molecule has 0 unspecified atom stereocenters. The van der Waals surface area contributed by atoms with Crippen molar-refractivity contribution in [3.8, 4) is 0 Å². The summed E-state index contributed by atoms with van der Waals surface area (Å²) in [6.45, 7) is 10.6. The predicted octanol–water partition coefficient (Wildman–Crippen LogP) is 4.62. The first-order valence-electron chi connectivity index (χ1n) is 13.7. The van der Waals surface area contributed by atoms with E-state index in [1.807, 2.05) is 27.7 Å². The van der Waals surface area contributed by atoms with Crippen LogP contribution in [0, 0.1) is 24.5 Å². The summed E-state index contributed by atoms with van der Waals surface area (Å²) >= 11 is 0. The molecule has 0 radical (unpaired) electrons. The molecule has 8 nitrogen and oxygen atoms in total. The van der Waals surface area contributed by atoms with Crippen LogP contribution in [0.5, 0.6) is 0 Å². The number of aliphatic hydroxyl groups is 1. The SMILES string of the molecule is CCCN(CCC)C(=O)c1cc(C)cc(C(=O)N[C@@H](Cc2cc(F)cc(F)c2)[C@H](O)CNC(=O)OCC(C)C)c1. The summed E-state index contributed by atoms with van der Waals surface area (Å²) in [5.41, 5.74) is 1.47. The minimum atomic E-state index is -1.32. The lowest BCUT2D eigenvalue weighted by atomic mass is 9.99. The summed E-state index contributed by atoms with van der Waals surface area (Å²) in [5.74, 6) is -2.24. The van der Waals surface area contributed by atoms with Crippen LogP contribution >= 0.6 is 0 Å². The first-order chi connectivity index (χ1) is 18.9. The van der Waals surface area contributed by atoms with Crippen molar-refractivity contribution in [2.75, 3.05) is 26.2 Å². The first kappa shape index (κ1) is 32.7. The van der Waals surface area contributed by atoms with Gasteiger partial charge in [0.1, 0.15) is 11.6 Å². The van der Waals surface area contributed by atoms with Gasteiger partial charge < -0.3 is 25.4 Å². The largest absolute Gasteiger partial charge is 0.449 e. The van der Waals surface area contributed by atoms with Crippen molar-refractivity contribution >= 4 is 17.9 Å². The molecule has 10 heteroatoms. The fraction of sp³-hybridized carbons (Fsp3) is 0.500. The highest BCUT2D eigenvalue weighted by atomic mass is 19.1. The maximum atomic E-state index is 13.9. The van der Waals surface area contributed by atoms with E-state index in [4.69, 9.17) is 4.74 Å². The van der Waals surface area contributed by atoms with Gasteiger partial charge >= 0.3 is 6.09 Å². The Morgan fingerprint density at radius 1 is 0.950 bits per heavy atom. The maximum absolute atomic E-state index is 13.9. The minimum Gasteiger partial charge on any atom is -0.449 e. The van der Waals surface area contributed by atoms with Gasteiger partial charge in [0.05, 0.1) is 18.8 Å². The number of amides is 3. The van der Waals surface area contributed by atoms with E-state index in [2.05, 4.69) is 10.6 Å². The molecule has 0 aliphatic carbocycles. The van der Waals surface area contributed by atoms with Gasteiger partial charge in [-0.05, 0) is 73.6 Å². The molecule has 3 N–H and O–H groups in total. The number of rotatable bonds is 14. The van der Waals surface area contributed by atoms with Gasteiger partial charge in [-0.2, -0.15) is 0 Å². The second-order valence-electron chi connectivity index (χ2n) is 10.4. The molecule has 0 aromatic heterocycles. The second kappa shape index (κ2) is 15.9. The average molecular weight is 562 g/mol. The molecule has 2 aromatic carbocycles. The van der Waals surface area contributed by atoms with Crippen molar-refractivity contribution < 1.29 is 33.0 Å². The van der Waals surface area contributed by atoms with Gasteiger partial charge in [0, 0.05) is 36.8 Å².